The number of amides is 1. The maximum absolute atomic E-state index is 13.5. The summed E-state index contributed by atoms with van der Waals surface area (Å²) in [5.41, 5.74) is 1.60. The van der Waals surface area contributed by atoms with Gasteiger partial charge in [-0.15, -0.1) is 0 Å². The Morgan fingerprint density at radius 3 is 2.19 bits per heavy atom. The van der Waals surface area contributed by atoms with Crippen LogP contribution >= 0.6 is 0 Å². The van der Waals surface area contributed by atoms with Gasteiger partial charge in [-0.05, 0) is 78.3 Å². The Morgan fingerprint density at radius 1 is 0.963 bits per heavy atom. The molecule has 140 valence electrons. The van der Waals surface area contributed by atoms with Crippen LogP contribution < -0.4 is 0 Å². The second-order valence-electron chi connectivity index (χ2n) is 8.24. The molecule has 5 rings (SSSR count). The molecule has 0 spiro atoms. The number of phenolic OH excluding ortho intramolecular Hbond substituents is 1. The van der Waals surface area contributed by atoms with E-state index in [9.17, 15) is 18.7 Å². The number of carbonyl (C=O) groups excluding carboxylic acids is 1. The highest BCUT2D eigenvalue weighted by molar-refractivity contribution is 5.95. The van der Waals surface area contributed by atoms with Crippen molar-refractivity contribution in [3.63, 3.8) is 0 Å². The standard InChI is InChI=1S/C22H21F2NO2/c23-19-8-16(9-20(26)21(19)24)12-1-3-13(4-2-12)22(27)25-10-17-14-5-6-15(7-14)18(17)11-25/h1-4,8-9,14-15,17-18,26H,5-7,10-11H2/t14-,15+,17-,18+. The quantitative estimate of drug-likeness (QED) is 0.849. The average molecular weight is 369 g/mol. The van der Waals surface area contributed by atoms with Gasteiger partial charge >= 0.3 is 0 Å². The summed E-state index contributed by atoms with van der Waals surface area (Å²) < 4.78 is 26.8. The fourth-order valence-electron chi connectivity index (χ4n) is 5.58. The minimum absolute atomic E-state index is 0.0449. The van der Waals surface area contributed by atoms with Crippen LogP contribution in [0.3, 0.4) is 0 Å². The molecular formula is C22H21F2NO2. The van der Waals surface area contributed by atoms with Crippen LogP contribution in [-0.4, -0.2) is 29.0 Å². The SMILES string of the molecule is O=C(c1ccc(-c2cc(O)c(F)c(F)c2)cc1)N1C[C@@H]2[C@@H]3CC[C@@H](C3)[C@@H]2C1. The molecule has 4 atom stereocenters. The topological polar surface area (TPSA) is 40.5 Å². The molecule has 5 heteroatoms. The second kappa shape index (κ2) is 6.04. The zero-order valence-corrected chi connectivity index (χ0v) is 14.9. The first-order chi connectivity index (χ1) is 13.0. The van der Waals surface area contributed by atoms with Gasteiger partial charge in [0.05, 0.1) is 0 Å². The fraction of sp³-hybridized carbons (Fsp3) is 0.409. The molecule has 2 aromatic rings. The number of hydrogen-bond donors (Lipinski definition) is 1. The fourth-order valence-corrected chi connectivity index (χ4v) is 5.58. The van der Waals surface area contributed by atoms with E-state index < -0.39 is 17.4 Å². The highest BCUT2D eigenvalue weighted by atomic mass is 19.2. The molecule has 3 fully saturated rings. The Balaban J connectivity index is 1.34. The van der Waals surface area contributed by atoms with Crippen LogP contribution in [0.15, 0.2) is 36.4 Å². The predicted molar refractivity (Wildman–Crippen MR) is 97.2 cm³/mol. The van der Waals surface area contributed by atoms with E-state index in [1.165, 1.54) is 25.3 Å². The Bertz CT molecular complexity index is 870. The molecule has 0 radical (unpaired) electrons. The van der Waals surface area contributed by atoms with E-state index in [0.717, 1.165) is 31.0 Å². The lowest BCUT2D eigenvalue weighted by Crippen LogP contribution is -2.30. The number of nitrogens with zero attached hydrogens (tertiary/aromatic N) is 1. The molecule has 3 nitrogen and oxygen atoms in total. The van der Waals surface area contributed by atoms with Crippen molar-refractivity contribution < 1.29 is 18.7 Å². The van der Waals surface area contributed by atoms with Crippen molar-refractivity contribution in [1.29, 1.82) is 0 Å². The second-order valence-corrected chi connectivity index (χ2v) is 8.24. The maximum atomic E-state index is 13.5. The molecular weight excluding hydrogens is 348 g/mol. The Hall–Kier alpha value is -2.43. The monoisotopic (exact) mass is 369 g/mol. The lowest BCUT2D eigenvalue weighted by Gasteiger charge is -2.22. The zero-order valence-electron chi connectivity index (χ0n) is 14.9. The van der Waals surface area contributed by atoms with Gasteiger partial charge in [0.25, 0.3) is 5.91 Å². The molecule has 1 amide bonds. The number of benzene rings is 2. The van der Waals surface area contributed by atoms with E-state index in [-0.39, 0.29) is 5.91 Å². The van der Waals surface area contributed by atoms with Crippen molar-refractivity contribution in [2.24, 2.45) is 23.7 Å². The van der Waals surface area contributed by atoms with Crippen LogP contribution in [0, 0.1) is 35.3 Å². The molecule has 3 aliphatic rings. The average Bonchev–Trinajstić information content (AvgIpc) is 3.38. The van der Waals surface area contributed by atoms with Crippen LogP contribution in [0.4, 0.5) is 8.78 Å². The molecule has 1 heterocycles. The van der Waals surface area contributed by atoms with Crippen molar-refractivity contribution in [1.82, 2.24) is 4.90 Å². The lowest BCUT2D eigenvalue weighted by molar-refractivity contribution is 0.0776. The van der Waals surface area contributed by atoms with Crippen molar-refractivity contribution in [2.75, 3.05) is 13.1 Å². The summed E-state index contributed by atoms with van der Waals surface area (Å²) in [6.45, 7) is 1.73. The zero-order chi connectivity index (χ0) is 18.7. The smallest absolute Gasteiger partial charge is 0.253 e. The van der Waals surface area contributed by atoms with E-state index in [1.807, 2.05) is 4.90 Å². The molecule has 1 N–H and O–H groups in total. The number of aromatic hydroxyl groups is 1. The molecule has 2 bridgehead atoms. The first-order valence-corrected chi connectivity index (χ1v) is 9.59. The number of phenols is 1. The molecule has 2 saturated carbocycles. The molecule has 2 aromatic carbocycles. The van der Waals surface area contributed by atoms with Crippen LogP contribution in [0.5, 0.6) is 5.75 Å². The summed E-state index contributed by atoms with van der Waals surface area (Å²) in [4.78, 5) is 14.9. The van der Waals surface area contributed by atoms with Gasteiger partial charge < -0.3 is 10.0 Å². The normalized spacial score (nSPS) is 28.6. The molecule has 1 saturated heterocycles. The van der Waals surface area contributed by atoms with Crippen LogP contribution in [-0.2, 0) is 0 Å². The van der Waals surface area contributed by atoms with Gasteiger partial charge in [-0.2, -0.15) is 4.39 Å². The van der Waals surface area contributed by atoms with Gasteiger partial charge in [-0.1, -0.05) is 12.1 Å². The van der Waals surface area contributed by atoms with Crippen molar-refractivity contribution >= 4 is 5.91 Å². The predicted octanol–water partition coefficient (Wildman–Crippen LogP) is 4.46. The minimum atomic E-state index is -1.25. The number of likely N-dealkylation sites (tertiary alicyclic amines) is 1. The molecule has 2 aliphatic carbocycles. The number of hydrogen-bond acceptors (Lipinski definition) is 2. The molecule has 27 heavy (non-hydrogen) atoms. The van der Waals surface area contributed by atoms with Gasteiger partial charge in [0, 0.05) is 18.7 Å². The Labute approximate surface area is 156 Å². The third-order valence-electron chi connectivity index (χ3n) is 6.90. The number of rotatable bonds is 2. The summed E-state index contributed by atoms with van der Waals surface area (Å²) in [5.74, 6) is -0.0499. The minimum Gasteiger partial charge on any atom is -0.505 e. The summed E-state index contributed by atoms with van der Waals surface area (Å²) in [6, 6.07) is 9.09. The van der Waals surface area contributed by atoms with E-state index in [2.05, 4.69) is 0 Å². The van der Waals surface area contributed by atoms with Crippen molar-refractivity contribution in [3.8, 4) is 16.9 Å². The number of fused-ring (bicyclic) bond motifs is 5. The summed E-state index contributed by atoms with van der Waals surface area (Å²) >= 11 is 0. The van der Waals surface area contributed by atoms with Gasteiger partial charge in [0.1, 0.15) is 0 Å². The van der Waals surface area contributed by atoms with Crippen molar-refractivity contribution in [2.45, 2.75) is 19.3 Å². The summed E-state index contributed by atoms with van der Waals surface area (Å²) in [6.07, 6.45) is 4.00. The lowest BCUT2D eigenvalue weighted by atomic mass is 9.82. The summed E-state index contributed by atoms with van der Waals surface area (Å²) in [7, 11) is 0. The van der Waals surface area contributed by atoms with Crippen LogP contribution in [0.1, 0.15) is 29.6 Å². The third-order valence-corrected chi connectivity index (χ3v) is 6.90. The van der Waals surface area contributed by atoms with Gasteiger partial charge in [-0.25, -0.2) is 4.39 Å². The van der Waals surface area contributed by atoms with Gasteiger partial charge in [0.15, 0.2) is 17.4 Å². The first kappa shape index (κ1) is 16.7. The molecule has 1 aliphatic heterocycles. The highest BCUT2D eigenvalue weighted by Gasteiger charge is 2.52. The summed E-state index contributed by atoms with van der Waals surface area (Å²) in [5, 5.41) is 9.48. The van der Waals surface area contributed by atoms with E-state index in [1.54, 1.807) is 24.3 Å². The largest absolute Gasteiger partial charge is 0.505 e. The Kier molecular flexibility index (Phi) is 3.74. The first-order valence-electron chi connectivity index (χ1n) is 9.59. The highest BCUT2D eigenvalue weighted by Crippen LogP contribution is 2.55. The van der Waals surface area contributed by atoms with Crippen LogP contribution in [0.25, 0.3) is 11.1 Å². The van der Waals surface area contributed by atoms with E-state index in [4.69, 9.17) is 0 Å². The third kappa shape index (κ3) is 2.63. The number of halogens is 2. The van der Waals surface area contributed by atoms with Gasteiger partial charge in [-0.3, -0.25) is 4.79 Å². The van der Waals surface area contributed by atoms with Crippen molar-refractivity contribution in [3.05, 3.63) is 53.6 Å². The number of carbonyl (C=O) groups is 1. The van der Waals surface area contributed by atoms with E-state index >= 15 is 0 Å². The maximum Gasteiger partial charge on any atom is 0.253 e. The van der Waals surface area contributed by atoms with Crippen LogP contribution in [0.2, 0.25) is 0 Å². The Morgan fingerprint density at radius 2 is 1.59 bits per heavy atom. The van der Waals surface area contributed by atoms with Gasteiger partial charge in [0.2, 0.25) is 0 Å². The van der Waals surface area contributed by atoms with E-state index in [0.29, 0.717) is 28.5 Å². The molecule has 0 aromatic heterocycles. The molecule has 0 unspecified atom stereocenters.